The molecule has 6 nitrogen and oxygen atoms in total. The second-order valence-electron chi connectivity index (χ2n) is 3.54. The van der Waals surface area contributed by atoms with Crippen LogP contribution in [0.3, 0.4) is 0 Å². The lowest BCUT2D eigenvalue weighted by molar-refractivity contribution is 0.0663. The molecule has 0 saturated heterocycles. The van der Waals surface area contributed by atoms with Gasteiger partial charge in [0.05, 0.1) is 4.90 Å². The average Bonchev–Trinajstić information content (AvgIpc) is 2.77. The lowest BCUT2D eigenvalue weighted by Crippen LogP contribution is -2.11. The van der Waals surface area contributed by atoms with Crippen LogP contribution < -0.4 is 5.14 Å². The smallest absolute Gasteiger partial charge is 0.371 e. The zero-order valence-corrected chi connectivity index (χ0v) is 9.85. The number of rotatable bonds is 3. The van der Waals surface area contributed by atoms with Gasteiger partial charge in [0.25, 0.3) is 0 Å². The summed E-state index contributed by atoms with van der Waals surface area (Å²) in [6, 6.07) is 8.45. The summed E-state index contributed by atoms with van der Waals surface area (Å²) in [6.07, 6.45) is 0. The molecule has 0 radical (unpaired) electrons. The van der Waals surface area contributed by atoms with Gasteiger partial charge >= 0.3 is 5.97 Å². The first-order valence-corrected chi connectivity index (χ1v) is 6.39. The Morgan fingerprint density at radius 3 is 2.17 bits per heavy atom. The van der Waals surface area contributed by atoms with Crippen LogP contribution in [0.25, 0.3) is 11.3 Å². The van der Waals surface area contributed by atoms with Gasteiger partial charge < -0.3 is 9.52 Å². The summed E-state index contributed by atoms with van der Waals surface area (Å²) < 4.78 is 27.2. The Morgan fingerprint density at radius 1 is 1.11 bits per heavy atom. The summed E-state index contributed by atoms with van der Waals surface area (Å²) in [5.41, 5.74) is 0.565. The van der Waals surface area contributed by atoms with Crippen molar-refractivity contribution in [1.29, 1.82) is 0 Å². The monoisotopic (exact) mass is 267 g/mol. The van der Waals surface area contributed by atoms with Gasteiger partial charge in [-0.05, 0) is 36.4 Å². The number of carboxylic acid groups (broad SMARTS) is 1. The summed E-state index contributed by atoms with van der Waals surface area (Å²) in [5, 5.41) is 13.7. The number of primary sulfonamides is 1. The Bertz CT molecular complexity index is 684. The summed E-state index contributed by atoms with van der Waals surface area (Å²) in [6.45, 7) is 0. The number of furan rings is 1. The van der Waals surface area contributed by atoms with Gasteiger partial charge in [0, 0.05) is 5.56 Å². The molecular weight excluding hydrogens is 258 g/mol. The topological polar surface area (TPSA) is 111 Å². The van der Waals surface area contributed by atoms with Crippen molar-refractivity contribution in [1.82, 2.24) is 0 Å². The van der Waals surface area contributed by atoms with E-state index in [-0.39, 0.29) is 10.7 Å². The van der Waals surface area contributed by atoms with Gasteiger partial charge in [-0.3, -0.25) is 0 Å². The molecule has 0 aliphatic carbocycles. The molecule has 18 heavy (non-hydrogen) atoms. The second-order valence-corrected chi connectivity index (χ2v) is 5.10. The van der Waals surface area contributed by atoms with Gasteiger partial charge in [-0.15, -0.1) is 0 Å². The predicted molar refractivity (Wildman–Crippen MR) is 62.5 cm³/mol. The number of hydrogen-bond acceptors (Lipinski definition) is 4. The minimum Gasteiger partial charge on any atom is -0.475 e. The maximum atomic E-state index is 11.1. The molecule has 7 heteroatoms. The molecule has 3 N–H and O–H groups in total. The van der Waals surface area contributed by atoms with Crippen molar-refractivity contribution in [3.05, 3.63) is 42.2 Å². The quantitative estimate of drug-likeness (QED) is 0.870. The highest BCUT2D eigenvalue weighted by molar-refractivity contribution is 7.89. The summed E-state index contributed by atoms with van der Waals surface area (Å²) in [7, 11) is -3.73. The van der Waals surface area contributed by atoms with Crippen molar-refractivity contribution in [2.45, 2.75) is 4.90 Å². The number of sulfonamides is 1. The second kappa shape index (κ2) is 4.28. The number of nitrogens with two attached hydrogens (primary N) is 1. The lowest BCUT2D eigenvalue weighted by Gasteiger charge is -1.99. The van der Waals surface area contributed by atoms with Crippen LogP contribution in [0.5, 0.6) is 0 Å². The minimum atomic E-state index is -3.73. The van der Waals surface area contributed by atoms with Crippen LogP contribution in [0, 0.1) is 0 Å². The molecule has 0 aliphatic rings. The van der Waals surface area contributed by atoms with Gasteiger partial charge in [-0.1, -0.05) is 0 Å². The molecule has 2 aromatic rings. The van der Waals surface area contributed by atoms with Crippen molar-refractivity contribution in [2.75, 3.05) is 0 Å². The maximum absolute atomic E-state index is 11.1. The molecule has 0 atom stereocenters. The summed E-state index contributed by atoms with van der Waals surface area (Å²) in [5.74, 6) is -1.00. The van der Waals surface area contributed by atoms with Gasteiger partial charge in [0.2, 0.25) is 15.8 Å². The first kappa shape index (κ1) is 12.3. The van der Waals surface area contributed by atoms with Crippen molar-refractivity contribution in [3.63, 3.8) is 0 Å². The molecule has 0 spiro atoms. The van der Waals surface area contributed by atoms with Crippen molar-refractivity contribution >= 4 is 16.0 Å². The van der Waals surface area contributed by atoms with E-state index in [2.05, 4.69) is 0 Å². The van der Waals surface area contributed by atoms with Gasteiger partial charge in [-0.25, -0.2) is 18.4 Å². The zero-order valence-electron chi connectivity index (χ0n) is 9.03. The van der Waals surface area contributed by atoms with Crippen LogP contribution >= 0.6 is 0 Å². The Kier molecular flexibility index (Phi) is 2.93. The first-order chi connectivity index (χ1) is 8.38. The molecule has 1 heterocycles. The molecule has 2 rings (SSSR count). The number of aromatic carboxylic acids is 1. The Morgan fingerprint density at radius 2 is 1.72 bits per heavy atom. The molecule has 0 unspecified atom stereocenters. The highest BCUT2D eigenvalue weighted by atomic mass is 32.2. The van der Waals surface area contributed by atoms with E-state index in [1.165, 1.54) is 36.4 Å². The van der Waals surface area contributed by atoms with Crippen molar-refractivity contribution in [3.8, 4) is 11.3 Å². The predicted octanol–water partition coefficient (Wildman–Crippen LogP) is 1.29. The standard InChI is InChI=1S/C11H9NO5S/c12-18(15,16)8-3-1-7(2-4-8)9-5-6-10(17-9)11(13)14/h1-6H,(H,13,14)(H2,12,15,16). The minimum absolute atomic E-state index is 0.0173. The lowest BCUT2D eigenvalue weighted by atomic mass is 10.2. The Labute approximate surface area is 103 Å². The van der Waals surface area contributed by atoms with Crippen molar-refractivity contribution < 1.29 is 22.7 Å². The third-order valence-corrected chi connectivity index (χ3v) is 3.21. The molecule has 1 aromatic carbocycles. The van der Waals surface area contributed by atoms with Crippen LogP contribution in [0.2, 0.25) is 0 Å². The van der Waals surface area contributed by atoms with Gasteiger partial charge in [0.15, 0.2) is 0 Å². The summed E-state index contributed by atoms with van der Waals surface area (Å²) in [4.78, 5) is 10.6. The molecule has 0 fully saturated rings. The third kappa shape index (κ3) is 2.41. The highest BCUT2D eigenvalue weighted by Crippen LogP contribution is 2.23. The largest absolute Gasteiger partial charge is 0.475 e. The fraction of sp³-hybridized carbons (Fsp3) is 0. The average molecular weight is 267 g/mol. The number of benzene rings is 1. The molecule has 0 aliphatic heterocycles. The van der Waals surface area contributed by atoms with Crippen LogP contribution in [0.1, 0.15) is 10.6 Å². The van der Waals surface area contributed by atoms with Gasteiger partial charge in [0.1, 0.15) is 5.76 Å². The number of carboxylic acids is 1. The van der Waals surface area contributed by atoms with E-state index in [1.54, 1.807) is 0 Å². The van der Waals surface area contributed by atoms with E-state index in [0.29, 0.717) is 11.3 Å². The first-order valence-electron chi connectivity index (χ1n) is 4.84. The third-order valence-electron chi connectivity index (χ3n) is 2.28. The SMILES string of the molecule is NS(=O)(=O)c1ccc(-c2ccc(C(=O)O)o2)cc1. The fourth-order valence-electron chi connectivity index (χ4n) is 1.42. The molecule has 1 aromatic heterocycles. The number of hydrogen-bond donors (Lipinski definition) is 2. The number of carbonyl (C=O) groups is 1. The Balaban J connectivity index is 2.37. The normalized spacial score (nSPS) is 11.4. The fourth-order valence-corrected chi connectivity index (χ4v) is 1.93. The van der Waals surface area contributed by atoms with Gasteiger partial charge in [-0.2, -0.15) is 0 Å². The van der Waals surface area contributed by atoms with E-state index in [0.717, 1.165) is 0 Å². The molecule has 0 bridgehead atoms. The van der Waals surface area contributed by atoms with E-state index < -0.39 is 16.0 Å². The van der Waals surface area contributed by atoms with Crippen LogP contribution in [0.4, 0.5) is 0 Å². The van der Waals surface area contributed by atoms with Crippen LogP contribution in [0.15, 0.2) is 45.7 Å². The molecular formula is C11H9NO5S. The molecule has 94 valence electrons. The van der Waals surface area contributed by atoms with E-state index in [4.69, 9.17) is 14.7 Å². The molecule has 0 saturated carbocycles. The Hall–Kier alpha value is -2.12. The van der Waals surface area contributed by atoms with Crippen LogP contribution in [-0.2, 0) is 10.0 Å². The highest BCUT2D eigenvalue weighted by Gasteiger charge is 2.12. The molecule has 0 amide bonds. The van der Waals surface area contributed by atoms with E-state index in [9.17, 15) is 13.2 Å². The maximum Gasteiger partial charge on any atom is 0.371 e. The summed E-state index contributed by atoms with van der Waals surface area (Å²) >= 11 is 0. The van der Waals surface area contributed by atoms with Crippen LogP contribution in [-0.4, -0.2) is 19.5 Å². The van der Waals surface area contributed by atoms with Crippen molar-refractivity contribution in [2.24, 2.45) is 5.14 Å². The van der Waals surface area contributed by atoms with E-state index >= 15 is 0 Å². The van der Waals surface area contributed by atoms with E-state index in [1.807, 2.05) is 0 Å². The zero-order chi connectivity index (χ0) is 13.3.